The van der Waals surface area contributed by atoms with Crippen LogP contribution < -0.4 is 10.7 Å². The second-order valence-corrected chi connectivity index (χ2v) is 4.53. The largest absolute Gasteiger partial charge is 0.362 e. The minimum Gasteiger partial charge on any atom is -0.362 e. The summed E-state index contributed by atoms with van der Waals surface area (Å²) in [6.07, 6.45) is 1.68. The lowest BCUT2D eigenvalue weighted by atomic mass is 10.5. The summed E-state index contributed by atoms with van der Waals surface area (Å²) >= 11 is 12.1. The Bertz CT molecular complexity index is 335. The highest BCUT2D eigenvalue weighted by molar-refractivity contribution is 7.80. The highest BCUT2D eigenvalue weighted by Gasteiger charge is 1.93. The van der Waals surface area contributed by atoms with Gasteiger partial charge in [0.15, 0.2) is 5.11 Å². The molecule has 3 nitrogen and oxygen atoms in total. The van der Waals surface area contributed by atoms with Crippen molar-refractivity contribution in [1.82, 2.24) is 10.7 Å². The molecule has 1 aromatic rings. The maximum atomic E-state index is 5.75. The Kier molecular flexibility index (Phi) is 4.86. The number of hydrogen-bond acceptors (Lipinski definition) is 3. The van der Waals surface area contributed by atoms with Crippen LogP contribution in [0.3, 0.4) is 0 Å². The predicted octanol–water partition coefficient (Wildman–Crippen LogP) is 2.22. The van der Waals surface area contributed by atoms with Gasteiger partial charge >= 0.3 is 0 Å². The van der Waals surface area contributed by atoms with Crippen LogP contribution in [0.5, 0.6) is 0 Å². The van der Waals surface area contributed by atoms with Gasteiger partial charge in [-0.05, 0) is 31.3 Å². The first kappa shape index (κ1) is 11.4. The Morgan fingerprint density at radius 3 is 3.07 bits per heavy atom. The average molecular weight is 248 g/mol. The molecule has 0 aromatic carbocycles. The Morgan fingerprint density at radius 1 is 1.71 bits per heavy atom. The summed E-state index contributed by atoms with van der Waals surface area (Å²) in [6.45, 7) is 2.75. The number of rotatable bonds is 3. The summed E-state index contributed by atoms with van der Waals surface area (Å²) in [7, 11) is 0. The van der Waals surface area contributed by atoms with Crippen molar-refractivity contribution in [3.8, 4) is 0 Å². The van der Waals surface area contributed by atoms with Crippen molar-refractivity contribution in [1.29, 1.82) is 0 Å². The minimum absolute atomic E-state index is 0.520. The van der Waals surface area contributed by atoms with Crippen molar-refractivity contribution in [3.05, 3.63) is 21.3 Å². The third-order valence-electron chi connectivity index (χ3n) is 1.29. The second kappa shape index (κ2) is 5.95. The van der Waals surface area contributed by atoms with Crippen LogP contribution in [0.4, 0.5) is 0 Å². The van der Waals surface area contributed by atoms with Gasteiger partial charge in [-0.1, -0.05) is 11.6 Å². The summed E-state index contributed by atoms with van der Waals surface area (Å²) in [4.78, 5) is 0.988. The Labute approximate surface area is 97.2 Å². The second-order valence-electron chi connectivity index (χ2n) is 2.37. The van der Waals surface area contributed by atoms with Gasteiger partial charge in [-0.3, -0.25) is 5.43 Å². The standard InChI is InChI=1S/C8H10ClN3S2/c1-2-10-8(13)12-11-5-6-3-4-7(9)14-6/h3-5H,2H2,1H3,(H2,10,12,13)/b11-5-. The first-order chi connectivity index (χ1) is 6.72. The van der Waals surface area contributed by atoms with Gasteiger partial charge in [-0.15, -0.1) is 11.3 Å². The third-order valence-corrected chi connectivity index (χ3v) is 2.69. The Morgan fingerprint density at radius 2 is 2.50 bits per heavy atom. The molecule has 1 aromatic heterocycles. The lowest BCUT2D eigenvalue weighted by Gasteiger charge is -2.01. The summed E-state index contributed by atoms with van der Waals surface area (Å²) in [6, 6.07) is 3.73. The van der Waals surface area contributed by atoms with Crippen molar-refractivity contribution < 1.29 is 0 Å². The first-order valence-electron chi connectivity index (χ1n) is 4.04. The van der Waals surface area contributed by atoms with E-state index in [1.54, 1.807) is 6.21 Å². The molecule has 0 bridgehead atoms. The van der Waals surface area contributed by atoms with E-state index in [1.165, 1.54) is 11.3 Å². The summed E-state index contributed by atoms with van der Waals surface area (Å²) in [5.74, 6) is 0. The van der Waals surface area contributed by atoms with Gasteiger partial charge in [0.25, 0.3) is 0 Å². The maximum absolute atomic E-state index is 5.75. The van der Waals surface area contributed by atoms with Crippen LogP contribution in [-0.2, 0) is 0 Å². The van der Waals surface area contributed by atoms with E-state index >= 15 is 0 Å². The molecule has 14 heavy (non-hydrogen) atoms. The molecule has 0 amide bonds. The highest BCUT2D eigenvalue weighted by Crippen LogP contribution is 2.19. The minimum atomic E-state index is 0.520. The van der Waals surface area contributed by atoms with Crippen molar-refractivity contribution >= 4 is 46.5 Å². The molecule has 0 radical (unpaired) electrons. The molecule has 2 N–H and O–H groups in total. The van der Waals surface area contributed by atoms with Gasteiger partial charge in [0.1, 0.15) is 0 Å². The topological polar surface area (TPSA) is 36.4 Å². The molecular formula is C8H10ClN3S2. The van der Waals surface area contributed by atoms with Crippen molar-refractivity contribution in [2.24, 2.45) is 5.10 Å². The normalized spacial score (nSPS) is 10.4. The first-order valence-corrected chi connectivity index (χ1v) is 5.65. The lowest BCUT2D eigenvalue weighted by molar-refractivity contribution is 0.904. The molecule has 0 atom stereocenters. The van der Waals surface area contributed by atoms with Gasteiger partial charge in [0.2, 0.25) is 0 Å². The number of halogens is 1. The SMILES string of the molecule is CCNC(=S)N/N=C\c1ccc(Cl)s1. The zero-order valence-electron chi connectivity index (χ0n) is 7.58. The summed E-state index contributed by atoms with van der Waals surface area (Å²) in [5, 5.41) is 7.39. The zero-order valence-corrected chi connectivity index (χ0v) is 9.97. The fourth-order valence-corrected chi connectivity index (χ4v) is 1.88. The van der Waals surface area contributed by atoms with Gasteiger partial charge in [-0.2, -0.15) is 5.10 Å². The van der Waals surface area contributed by atoms with E-state index in [0.29, 0.717) is 5.11 Å². The van der Waals surface area contributed by atoms with Crippen LogP contribution >= 0.6 is 35.2 Å². The monoisotopic (exact) mass is 247 g/mol. The lowest BCUT2D eigenvalue weighted by Crippen LogP contribution is -2.31. The molecule has 1 heterocycles. The van der Waals surface area contributed by atoms with E-state index in [4.69, 9.17) is 23.8 Å². The molecule has 0 saturated carbocycles. The van der Waals surface area contributed by atoms with Gasteiger partial charge in [-0.25, -0.2) is 0 Å². The van der Waals surface area contributed by atoms with Crippen LogP contribution in [-0.4, -0.2) is 17.9 Å². The molecule has 0 unspecified atom stereocenters. The molecule has 6 heteroatoms. The van der Waals surface area contributed by atoms with Gasteiger partial charge in [0, 0.05) is 11.4 Å². The van der Waals surface area contributed by atoms with Crippen LogP contribution in [0.2, 0.25) is 4.34 Å². The molecule has 0 aliphatic heterocycles. The summed E-state index contributed by atoms with van der Waals surface area (Å²) < 4.78 is 0.751. The van der Waals surface area contributed by atoms with Crippen molar-refractivity contribution in [2.75, 3.05) is 6.54 Å². The van der Waals surface area contributed by atoms with E-state index in [9.17, 15) is 0 Å². The van der Waals surface area contributed by atoms with Crippen LogP contribution in [0.15, 0.2) is 17.2 Å². The number of hydrazone groups is 1. The number of nitrogens with one attached hydrogen (secondary N) is 2. The number of hydrogen-bond donors (Lipinski definition) is 2. The average Bonchev–Trinajstić information content (AvgIpc) is 2.52. The van der Waals surface area contributed by atoms with E-state index in [0.717, 1.165) is 15.8 Å². The summed E-state index contributed by atoms with van der Waals surface area (Å²) in [5.41, 5.74) is 2.69. The Hall–Kier alpha value is -0.650. The molecule has 0 saturated heterocycles. The van der Waals surface area contributed by atoms with E-state index in [-0.39, 0.29) is 0 Å². The molecule has 0 aliphatic carbocycles. The zero-order chi connectivity index (χ0) is 10.4. The quantitative estimate of drug-likeness (QED) is 0.489. The smallest absolute Gasteiger partial charge is 0.186 e. The predicted molar refractivity (Wildman–Crippen MR) is 66.3 cm³/mol. The number of nitrogens with zero attached hydrogens (tertiary/aromatic N) is 1. The van der Waals surface area contributed by atoms with E-state index in [1.807, 2.05) is 19.1 Å². The van der Waals surface area contributed by atoms with E-state index < -0.39 is 0 Å². The maximum Gasteiger partial charge on any atom is 0.186 e. The molecular weight excluding hydrogens is 238 g/mol. The number of thiocarbonyl (C=S) groups is 1. The molecule has 0 fully saturated rings. The van der Waals surface area contributed by atoms with Crippen molar-refractivity contribution in [2.45, 2.75) is 6.92 Å². The molecule has 0 aliphatic rings. The van der Waals surface area contributed by atoms with Gasteiger partial charge < -0.3 is 5.32 Å². The molecule has 0 spiro atoms. The third kappa shape index (κ3) is 4.04. The fraction of sp³-hybridized carbons (Fsp3) is 0.250. The van der Waals surface area contributed by atoms with Gasteiger partial charge in [0.05, 0.1) is 10.6 Å². The van der Waals surface area contributed by atoms with Crippen LogP contribution in [0.1, 0.15) is 11.8 Å². The van der Waals surface area contributed by atoms with Crippen LogP contribution in [0.25, 0.3) is 0 Å². The fourth-order valence-electron chi connectivity index (χ4n) is 0.752. The Balaban J connectivity index is 2.37. The van der Waals surface area contributed by atoms with E-state index in [2.05, 4.69) is 15.8 Å². The van der Waals surface area contributed by atoms with Crippen LogP contribution in [0, 0.1) is 0 Å². The van der Waals surface area contributed by atoms with Crippen molar-refractivity contribution in [3.63, 3.8) is 0 Å². The highest BCUT2D eigenvalue weighted by atomic mass is 35.5. The number of thiophene rings is 1. The molecule has 76 valence electrons. The molecule has 1 rings (SSSR count).